The Labute approximate surface area is 104 Å². The van der Waals surface area contributed by atoms with Gasteiger partial charge in [-0.25, -0.2) is 0 Å². The van der Waals surface area contributed by atoms with Crippen molar-refractivity contribution in [2.24, 2.45) is 0 Å². The smallest absolute Gasteiger partial charge is 0.0693 e. The molecule has 0 heterocycles. The highest BCUT2D eigenvalue weighted by Gasteiger charge is 2.27. The Kier molecular flexibility index (Phi) is 3.85. The predicted octanol–water partition coefficient (Wildman–Crippen LogP) is 2.47. The standard InChI is InChI=1S/C15H23NO/c1-15(2,12-7-4-3-5-8-12)11-16-13-9-6-10-14(13)17/h3-5,7-8,13-14,16-17H,6,9-11H2,1-2H3/t13-,14-/m0/s1. The van der Waals surface area contributed by atoms with Gasteiger partial charge in [0.15, 0.2) is 0 Å². The minimum absolute atomic E-state index is 0.115. The lowest BCUT2D eigenvalue weighted by Crippen LogP contribution is -2.42. The van der Waals surface area contributed by atoms with Crippen LogP contribution in [0, 0.1) is 0 Å². The molecule has 1 aliphatic rings. The predicted molar refractivity (Wildman–Crippen MR) is 71.1 cm³/mol. The summed E-state index contributed by atoms with van der Waals surface area (Å²) < 4.78 is 0. The number of benzene rings is 1. The van der Waals surface area contributed by atoms with Gasteiger partial charge in [-0.05, 0) is 24.8 Å². The van der Waals surface area contributed by atoms with E-state index in [1.807, 2.05) is 6.07 Å². The van der Waals surface area contributed by atoms with Crippen LogP contribution in [0.2, 0.25) is 0 Å². The number of aliphatic hydroxyl groups is 1. The van der Waals surface area contributed by atoms with E-state index >= 15 is 0 Å². The maximum atomic E-state index is 9.79. The van der Waals surface area contributed by atoms with Gasteiger partial charge < -0.3 is 10.4 Å². The third-order valence-electron chi connectivity index (χ3n) is 3.84. The summed E-state index contributed by atoms with van der Waals surface area (Å²) in [5.74, 6) is 0. The maximum Gasteiger partial charge on any atom is 0.0693 e. The van der Waals surface area contributed by atoms with Crippen molar-refractivity contribution in [3.8, 4) is 0 Å². The van der Waals surface area contributed by atoms with Gasteiger partial charge in [-0.1, -0.05) is 44.2 Å². The van der Waals surface area contributed by atoms with E-state index in [4.69, 9.17) is 0 Å². The first-order chi connectivity index (χ1) is 8.09. The highest BCUT2D eigenvalue weighted by Crippen LogP contribution is 2.24. The fraction of sp³-hybridized carbons (Fsp3) is 0.600. The highest BCUT2D eigenvalue weighted by atomic mass is 16.3. The Morgan fingerprint density at radius 1 is 1.24 bits per heavy atom. The lowest BCUT2D eigenvalue weighted by molar-refractivity contribution is 0.146. The van der Waals surface area contributed by atoms with Crippen molar-refractivity contribution >= 4 is 0 Å². The first-order valence-electron chi connectivity index (χ1n) is 6.56. The van der Waals surface area contributed by atoms with Crippen LogP contribution < -0.4 is 5.32 Å². The van der Waals surface area contributed by atoms with Gasteiger partial charge in [0.2, 0.25) is 0 Å². The van der Waals surface area contributed by atoms with E-state index in [0.717, 1.165) is 25.8 Å². The second-order valence-electron chi connectivity index (χ2n) is 5.74. The second kappa shape index (κ2) is 5.19. The monoisotopic (exact) mass is 233 g/mol. The lowest BCUT2D eigenvalue weighted by atomic mass is 9.84. The summed E-state index contributed by atoms with van der Waals surface area (Å²) in [5.41, 5.74) is 1.46. The average Bonchev–Trinajstić information content (AvgIpc) is 2.74. The first-order valence-corrected chi connectivity index (χ1v) is 6.56. The van der Waals surface area contributed by atoms with E-state index in [2.05, 4.69) is 43.4 Å². The van der Waals surface area contributed by atoms with Crippen LogP contribution in [0.4, 0.5) is 0 Å². The number of hydrogen-bond donors (Lipinski definition) is 2. The molecular formula is C15H23NO. The van der Waals surface area contributed by atoms with E-state index < -0.39 is 0 Å². The van der Waals surface area contributed by atoms with E-state index in [0.29, 0.717) is 0 Å². The molecule has 1 aromatic carbocycles. The molecule has 0 unspecified atom stereocenters. The zero-order valence-electron chi connectivity index (χ0n) is 10.8. The molecule has 2 heteroatoms. The molecule has 0 radical (unpaired) electrons. The molecule has 1 aromatic rings. The van der Waals surface area contributed by atoms with Gasteiger partial charge in [0, 0.05) is 18.0 Å². The molecule has 0 bridgehead atoms. The highest BCUT2D eigenvalue weighted by molar-refractivity contribution is 5.23. The Morgan fingerprint density at radius 3 is 2.53 bits per heavy atom. The van der Waals surface area contributed by atoms with E-state index in [-0.39, 0.29) is 17.6 Å². The van der Waals surface area contributed by atoms with Crippen molar-refractivity contribution in [3.05, 3.63) is 35.9 Å². The summed E-state index contributed by atoms with van der Waals surface area (Å²) in [6.45, 7) is 5.41. The summed E-state index contributed by atoms with van der Waals surface area (Å²) in [4.78, 5) is 0. The van der Waals surface area contributed by atoms with Gasteiger partial charge in [-0.15, -0.1) is 0 Å². The Morgan fingerprint density at radius 2 is 1.94 bits per heavy atom. The molecular weight excluding hydrogens is 210 g/mol. The molecule has 0 aliphatic heterocycles. The molecule has 1 aliphatic carbocycles. The van der Waals surface area contributed by atoms with Crippen LogP contribution in [0.1, 0.15) is 38.7 Å². The zero-order valence-corrected chi connectivity index (χ0v) is 10.8. The van der Waals surface area contributed by atoms with Gasteiger partial charge >= 0.3 is 0 Å². The van der Waals surface area contributed by atoms with Crippen molar-refractivity contribution in [2.75, 3.05) is 6.54 Å². The summed E-state index contributed by atoms with van der Waals surface area (Å²) in [6.07, 6.45) is 3.04. The van der Waals surface area contributed by atoms with Gasteiger partial charge in [0.05, 0.1) is 6.10 Å². The van der Waals surface area contributed by atoms with Gasteiger partial charge in [0.1, 0.15) is 0 Å². The normalized spacial score (nSPS) is 25.1. The largest absolute Gasteiger partial charge is 0.392 e. The third kappa shape index (κ3) is 3.08. The molecule has 0 amide bonds. The number of nitrogens with one attached hydrogen (secondary N) is 1. The van der Waals surface area contributed by atoms with Crippen LogP contribution >= 0.6 is 0 Å². The van der Waals surface area contributed by atoms with Crippen LogP contribution in [0.25, 0.3) is 0 Å². The summed E-state index contributed by atoms with van der Waals surface area (Å²) in [5, 5.41) is 13.3. The fourth-order valence-corrected chi connectivity index (χ4v) is 2.56. The molecule has 0 aromatic heterocycles. The van der Waals surface area contributed by atoms with Crippen LogP contribution in [0.5, 0.6) is 0 Å². The van der Waals surface area contributed by atoms with Gasteiger partial charge in [0.25, 0.3) is 0 Å². The molecule has 17 heavy (non-hydrogen) atoms. The van der Waals surface area contributed by atoms with Crippen LogP contribution in [-0.2, 0) is 5.41 Å². The molecule has 2 nitrogen and oxygen atoms in total. The van der Waals surface area contributed by atoms with Crippen molar-refractivity contribution in [3.63, 3.8) is 0 Å². The molecule has 2 atom stereocenters. The van der Waals surface area contributed by atoms with E-state index in [9.17, 15) is 5.11 Å². The molecule has 0 saturated heterocycles. The first kappa shape index (κ1) is 12.6. The molecule has 2 N–H and O–H groups in total. The zero-order chi connectivity index (χ0) is 12.3. The minimum Gasteiger partial charge on any atom is -0.392 e. The molecule has 2 rings (SSSR count). The Balaban J connectivity index is 1.93. The number of rotatable bonds is 4. The number of aliphatic hydroxyl groups excluding tert-OH is 1. The van der Waals surface area contributed by atoms with Crippen molar-refractivity contribution in [2.45, 2.75) is 50.7 Å². The average molecular weight is 233 g/mol. The van der Waals surface area contributed by atoms with Crippen LogP contribution in [0.3, 0.4) is 0 Å². The topological polar surface area (TPSA) is 32.3 Å². The van der Waals surface area contributed by atoms with Crippen molar-refractivity contribution in [1.29, 1.82) is 0 Å². The van der Waals surface area contributed by atoms with Crippen molar-refractivity contribution < 1.29 is 5.11 Å². The summed E-state index contributed by atoms with van der Waals surface area (Å²) in [7, 11) is 0. The molecule has 0 spiro atoms. The molecule has 1 saturated carbocycles. The fourth-order valence-electron chi connectivity index (χ4n) is 2.56. The SMILES string of the molecule is CC(C)(CN[C@H]1CCC[C@@H]1O)c1ccccc1. The van der Waals surface area contributed by atoms with E-state index in [1.54, 1.807) is 0 Å². The molecule has 1 fully saturated rings. The summed E-state index contributed by atoms with van der Waals surface area (Å²) >= 11 is 0. The van der Waals surface area contributed by atoms with Crippen LogP contribution in [0.15, 0.2) is 30.3 Å². The Bertz CT molecular complexity index is 347. The van der Waals surface area contributed by atoms with Gasteiger partial charge in [-0.2, -0.15) is 0 Å². The second-order valence-corrected chi connectivity index (χ2v) is 5.74. The molecule has 94 valence electrons. The lowest BCUT2D eigenvalue weighted by Gasteiger charge is -2.28. The van der Waals surface area contributed by atoms with Crippen LogP contribution in [-0.4, -0.2) is 23.8 Å². The minimum atomic E-state index is -0.151. The van der Waals surface area contributed by atoms with Gasteiger partial charge in [-0.3, -0.25) is 0 Å². The maximum absolute atomic E-state index is 9.79. The van der Waals surface area contributed by atoms with E-state index in [1.165, 1.54) is 5.56 Å². The quantitative estimate of drug-likeness (QED) is 0.837. The summed E-state index contributed by atoms with van der Waals surface area (Å²) in [6, 6.07) is 10.9. The van der Waals surface area contributed by atoms with Crippen molar-refractivity contribution in [1.82, 2.24) is 5.32 Å². The Hall–Kier alpha value is -0.860. The third-order valence-corrected chi connectivity index (χ3v) is 3.84. The number of hydrogen-bond acceptors (Lipinski definition) is 2.